The van der Waals surface area contributed by atoms with Crippen molar-refractivity contribution in [2.24, 2.45) is 10.7 Å². The summed E-state index contributed by atoms with van der Waals surface area (Å²) < 4.78 is 47.8. The Hall–Kier alpha value is -2.49. The smallest absolute Gasteiger partial charge is 0.283 e. The number of nitrogens with two attached hydrogens (primary N) is 1. The molecule has 0 saturated heterocycles. The monoisotopic (exact) mass is 470 g/mol. The lowest BCUT2D eigenvalue weighted by Crippen LogP contribution is -2.46. The number of amidine groups is 1. The average molecular weight is 471 g/mol. The van der Waals surface area contributed by atoms with Crippen molar-refractivity contribution in [1.82, 2.24) is 9.97 Å². The number of ether oxygens (including phenoxy) is 1. The van der Waals surface area contributed by atoms with E-state index in [0.717, 1.165) is 4.47 Å². The Morgan fingerprint density at radius 3 is 2.72 bits per heavy atom. The van der Waals surface area contributed by atoms with E-state index < -0.39 is 29.5 Å². The van der Waals surface area contributed by atoms with Crippen molar-refractivity contribution < 1.29 is 22.7 Å². The number of pyridine rings is 2. The van der Waals surface area contributed by atoms with Crippen LogP contribution in [0.4, 0.5) is 13.2 Å². The molecule has 2 atom stereocenters. The van der Waals surface area contributed by atoms with Gasteiger partial charge in [-0.25, -0.2) is 18.8 Å². The summed E-state index contributed by atoms with van der Waals surface area (Å²) in [6, 6.07) is 4.18. The first-order valence-electron chi connectivity index (χ1n) is 8.67. The normalized spacial score (nSPS) is 22.0. The number of rotatable bonds is 5. The van der Waals surface area contributed by atoms with Gasteiger partial charge < -0.3 is 10.5 Å². The van der Waals surface area contributed by atoms with Gasteiger partial charge in [-0.3, -0.25) is 9.78 Å². The first-order chi connectivity index (χ1) is 13.5. The van der Waals surface area contributed by atoms with Crippen LogP contribution < -0.4 is 5.73 Å². The number of carbonyl (C=O) groups is 1. The van der Waals surface area contributed by atoms with Gasteiger partial charge in [0.05, 0.1) is 5.54 Å². The number of Topliss-reactive ketones (excluding diaryl/α,β-unsaturated/α-hetero) is 1. The van der Waals surface area contributed by atoms with Gasteiger partial charge in [0, 0.05) is 42.2 Å². The molecule has 0 unspecified atom stereocenters. The molecule has 0 bridgehead atoms. The lowest BCUT2D eigenvalue weighted by Gasteiger charge is -2.37. The Balaban J connectivity index is 1.91. The molecule has 0 aliphatic carbocycles. The van der Waals surface area contributed by atoms with Crippen molar-refractivity contribution in [3.63, 3.8) is 0 Å². The highest BCUT2D eigenvalue weighted by Crippen LogP contribution is 2.40. The molecule has 2 aromatic heterocycles. The molecule has 0 fully saturated rings. The summed E-state index contributed by atoms with van der Waals surface area (Å²) in [5, 5.41) is 0. The quantitative estimate of drug-likeness (QED) is 0.530. The third-order valence-electron chi connectivity index (χ3n) is 4.62. The van der Waals surface area contributed by atoms with Gasteiger partial charge in [-0.15, -0.1) is 0 Å². The standard InChI is InChI=1S/C19H18BrF3N4O2/c1-18(7-15(19(2,22)23)29-17(24)27-18)12-5-10(8-26-16(12)21)6-14(28)13-4-3-11(20)9-25-13/h3-5,8-9,15H,6-7H2,1-2H3,(H2,24,27)/t15-,18-/m0/s1. The van der Waals surface area contributed by atoms with Crippen LogP contribution in [0.25, 0.3) is 0 Å². The first-order valence-corrected chi connectivity index (χ1v) is 9.47. The molecule has 29 heavy (non-hydrogen) atoms. The third kappa shape index (κ3) is 4.75. The highest BCUT2D eigenvalue weighted by Gasteiger charge is 2.46. The van der Waals surface area contributed by atoms with Crippen LogP contribution in [0.5, 0.6) is 0 Å². The minimum atomic E-state index is -3.20. The number of ketones is 1. The number of alkyl halides is 2. The van der Waals surface area contributed by atoms with Gasteiger partial charge in [-0.05, 0) is 46.6 Å². The summed E-state index contributed by atoms with van der Waals surface area (Å²) in [4.78, 5) is 24.2. The number of hydrogen-bond acceptors (Lipinski definition) is 6. The van der Waals surface area contributed by atoms with Gasteiger partial charge in [0.25, 0.3) is 11.9 Å². The van der Waals surface area contributed by atoms with Gasteiger partial charge in [0.2, 0.25) is 5.95 Å². The van der Waals surface area contributed by atoms with Gasteiger partial charge >= 0.3 is 0 Å². The van der Waals surface area contributed by atoms with E-state index >= 15 is 0 Å². The van der Waals surface area contributed by atoms with Crippen molar-refractivity contribution in [3.8, 4) is 0 Å². The van der Waals surface area contributed by atoms with Gasteiger partial charge in [0.15, 0.2) is 11.9 Å². The topological polar surface area (TPSA) is 90.5 Å². The van der Waals surface area contributed by atoms with Crippen LogP contribution >= 0.6 is 15.9 Å². The second-order valence-electron chi connectivity index (χ2n) is 7.13. The summed E-state index contributed by atoms with van der Waals surface area (Å²) in [5.74, 6) is -4.37. The van der Waals surface area contributed by atoms with Crippen LogP contribution in [-0.4, -0.2) is 33.8 Å². The van der Waals surface area contributed by atoms with Crippen molar-refractivity contribution >= 4 is 27.7 Å². The summed E-state index contributed by atoms with van der Waals surface area (Å²) in [6.07, 6.45) is 0.752. The zero-order chi connectivity index (χ0) is 21.4. The molecule has 3 rings (SSSR count). The predicted octanol–water partition coefficient (Wildman–Crippen LogP) is 3.78. The number of carbonyl (C=O) groups excluding carboxylic acids is 1. The Kier molecular flexibility index (Phi) is 5.66. The number of hydrogen-bond donors (Lipinski definition) is 1. The Morgan fingerprint density at radius 1 is 1.38 bits per heavy atom. The second kappa shape index (κ2) is 7.74. The number of aliphatic imine (C=N–C) groups is 1. The summed E-state index contributed by atoms with van der Waals surface area (Å²) in [5.41, 5.74) is 4.76. The summed E-state index contributed by atoms with van der Waals surface area (Å²) in [7, 11) is 0. The maximum absolute atomic E-state index is 14.5. The van der Waals surface area contributed by atoms with Gasteiger partial charge in [0.1, 0.15) is 5.69 Å². The second-order valence-corrected chi connectivity index (χ2v) is 8.05. The molecular formula is C19H18BrF3N4O2. The molecule has 2 N–H and O–H groups in total. The van der Waals surface area contributed by atoms with Crippen molar-refractivity contribution in [1.29, 1.82) is 0 Å². The van der Waals surface area contributed by atoms with E-state index in [4.69, 9.17) is 10.5 Å². The molecule has 0 saturated carbocycles. The largest absolute Gasteiger partial charge is 0.456 e. The lowest BCUT2D eigenvalue weighted by atomic mass is 9.84. The van der Waals surface area contributed by atoms with E-state index in [2.05, 4.69) is 30.9 Å². The third-order valence-corrected chi connectivity index (χ3v) is 5.09. The fourth-order valence-corrected chi connectivity index (χ4v) is 3.33. The molecule has 154 valence electrons. The van der Waals surface area contributed by atoms with E-state index in [1.165, 1.54) is 25.4 Å². The average Bonchev–Trinajstić information content (AvgIpc) is 2.62. The lowest BCUT2D eigenvalue weighted by molar-refractivity contribution is -0.103. The van der Waals surface area contributed by atoms with Crippen LogP contribution in [0.1, 0.15) is 41.9 Å². The van der Waals surface area contributed by atoms with E-state index in [1.54, 1.807) is 12.1 Å². The maximum Gasteiger partial charge on any atom is 0.283 e. The maximum atomic E-state index is 14.5. The molecule has 10 heteroatoms. The molecule has 0 amide bonds. The van der Waals surface area contributed by atoms with Crippen LogP contribution in [0.3, 0.4) is 0 Å². The van der Waals surface area contributed by atoms with Crippen molar-refractivity contribution in [2.75, 3.05) is 0 Å². The van der Waals surface area contributed by atoms with Crippen LogP contribution in [0.2, 0.25) is 0 Å². The van der Waals surface area contributed by atoms with E-state index in [1.807, 2.05) is 0 Å². The Bertz CT molecular complexity index is 963. The predicted molar refractivity (Wildman–Crippen MR) is 103 cm³/mol. The van der Waals surface area contributed by atoms with E-state index in [0.29, 0.717) is 12.5 Å². The molecule has 1 aliphatic heterocycles. The SMILES string of the molecule is CC(F)(F)[C@@H]1C[C@@](C)(c2cc(CC(=O)c3ccc(Br)cn3)cnc2F)N=C(N)O1. The molecule has 0 aromatic carbocycles. The highest BCUT2D eigenvalue weighted by molar-refractivity contribution is 9.10. The van der Waals surface area contributed by atoms with E-state index in [-0.39, 0.29) is 29.9 Å². The fourth-order valence-electron chi connectivity index (χ4n) is 3.10. The van der Waals surface area contributed by atoms with Crippen LogP contribution in [0, 0.1) is 5.95 Å². The Labute approximate surface area is 173 Å². The minimum absolute atomic E-state index is 0.0351. The number of aromatic nitrogens is 2. The molecule has 6 nitrogen and oxygen atoms in total. The summed E-state index contributed by atoms with van der Waals surface area (Å²) >= 11 is 3.24. The number of nitrogens with zero attached hydrogens (tertiary/aromatic N) is 3. The molecule has 0 spiro atoms. The first kappa shape index (κ1) is 21.2. The zero-order valence-electron chi connectivity index (χ0n) is 15.6. The minimum Gasteiger partial charge on any atom is -0.456 e. The van der Waals surface area contributed by atoms with E-state index in [9.17, 15) is 18.0 Å². The fraction of sp³-hybridized carbons (Fsp3) is 0.368. The molecule has 1 aliphatic rings. The molecule has 3 heterocycles. The van der Waals surface area contributed by atoms with Crippen molar-refractivity contribution in [3.05, 3.63) is 57.8 Å². The molecular weight excluding hydrogens is 453 g/mol. The zero-order valence-corrected chi connectivity index (χ0v) is 17.2. The molecule has 0 radical (unpaired) electrons. The van der Waals surface area contributed by atoms with Gasteiger partial charge in [-0.2, -0.15) is 4.39 Å². The van der Waals surface area contributed by atoms with Crippen LogP contribution in [-0.2, 0) is 16.7 Å². The Morgan fingerprint density at radius 2 is 2.10 bits per heavy atom. The van der Waals surface area contributed by atoms with Crippen molar-refractivity contribution in [2.45, 2.75) is 44.3 Å². The van der Waals surface area contributed by atoms with Crippen LogP contribution in [0.15, 0.2) is 40.1 Å². The number of halogens is 4. The summed E-state index contributed by atoms with van der Waals surface area (Å²) in [6.45, 7) is 2.18. The highest BCUT2D eigenvalue weighted by atomic mass is 79.9. The van der Waals surface area contributed by atoms with Gasteiger partial charge in [-0.1, -0.05) is 0 Å². The molecule has 2 aromatic rings.